The molecule has 0 aromatic heterocycles. The van der Waals surface area contributed by atoms with E-state index in [0.717, 1.165) is 12.1 Å². The van der Waals surface area contributed by atoms with Crippen LogP contribution in [0.1, 0.15) is 23.5 Å². The summed E-state index contributed by atoms with van der Waals surface area (Å²) in [4.78, 5) is 26.7. The second-order valence-electron chi connectivity index (χ2n) is 7.08. The Morgan fingerprint density at radius 3 is 2.40 bits per heavy atom. The Labute approximate surface area is 168 Å². The minimum Gasteiger partial charge on any atom is -0.456 e. The van der Waals surface area contributed by atoms with E-state index in [0.29, 0.717) is 28.3 Å². The smallest absolute Gasteiger partial charge is 0.416 e. The molecule has 9 heteroatoms. The zero-order valence-corrected chi connectivity index (χ0v) is 15.4. The van der Waals surface area contributed by atoms with Crippen molar-refractivity contribution in [1.29, 1.82) is 0 Å². The monoisotopic (exact) mass is 417 g/mol. The second kappa shape index (κ2) is 6.51. The predicted octanol–water partition coefficient (Wildman–Crippen LogP) is 3.77. The van der Waals surface area contributed by atoms with Gasteiger partial charge in [0.25, 0.3) is 0 Å². The van der Waals surface area contributed by atoms with Crippen molar-refractivity contribution in [2.75, 3.05) is 18.3 Å². The van der Waals surface area contributed by atoms with Crippen molar-refractivity contribution in [2.24, 2.45) is 0 Å². The fraction of sp³-hybridized carbons (Fsp3) is 0.238. The van der Waals surface area contributed by atoms with E-state index in [4.69, 9.17) is 14.2 Å². The van der Waals surface area contributed by atoms with Crippen LogP contribution in [0.5, 0.6) is 11.5 Å². The topological polar surface area (TPSA) is 65.1 Å². The Morgan fingerprint density at radius 2 is 1.67 bits per heavy atom. The quantitative estimate of drug-likeness (QED) is 0.697. The van der Waals surface area contributed by atoms with Crippen LogP contribution in [0.3, 0.4) is 0 Å². The Bertz CT molecular complexity index is 1090. The molecule has 0 aliphatic carbocycles. The molecular formula is C21H14F3NO5. The van der Waals surface area contributed by atoms with Gasteiger partial charge in [-0.2, -0.15) is 13.2 Å². The first kappa shape index (κ1) is 18.5. The van der Waals surface area contributed by atoms with Gasteiger partial charge in [0.1, 0.15) is 6.61 Å². The molecule has 0 saturated carbocycles. The lowest BCUT2D eigenvalue weighted by atomic mass is 9.84. The zero-order valence-electron chi connectivity index (χ0n) is 15.4. The minimum atomic E-state index is -4.48. The molecule has 2 aromatic rings. The van der Waals surface area contributed by atoms with Gasteiger partial charge in [0.15, 0.2) is 11.5 Å². The zero-order chi connectivity index (χ0) is 21.0. The number of anilines is 1. The Balaban J connectivity index is 1.55. The van der Waals surface area contributed by atoms with Gasteiger partial charge in [-0.3, -0.25) is 9.69 Å². The average Bonchev–Trinajstić information content (AvgIpc) is 3.33. The summed E-state index contributed by atoms with van der Waals surface area (Å²) in [6.45, 7) is -0.0257. The van der Waals surface area contributed by atoms with E-state index in [9.17, 15) is 22.8 Å². The number of hydrogen-bond acceptors (Lipinski definition) is 5. The molecule has 0 radical (unpaired) electrons. The standard InChI is InChI=1S/C21H14F3NO5/c22-21(23,24)12-2-4-13(5-3-12)25-15-9-28-20(27)19(15)14(8-18(25)26)11-1-6-16-17(7-11)30-10-29-16/h1-7,14H,8-10H2/t14-/m1/s1. The van der Waals surface area contributed by atoms with Crippen molar-refractivity contribution < 1.29 is 37.0 Å². The van der Waals surface area contributed by atoms with Gasteiger partial charge in [0.05, 0.1) is 16.8 Å². The van der Waals surface area contributed by atoms with Gasteiger partial charge in [0.2, 0.25) is 12.7 Å². The van der Waals surface area contributed by atoms with Gasteiger partial charge in [0, 0.05) is 18.0 Å². The summed E-state index contributed by atoms with van der Waals surface area (Å²) < 4.78 is 54.5. The molecule has 0 saturated heterocycles. The summed E-state index contributed by atoms with van der Waals surface area (Å²) in [6, 6.07) is 9.45. The van der Waals surface area contributed by atoms with Crippen molar-refractivity contribution in [3.05, 3.63) is 64.9 Å². The molecule has 5 rings (SSSR count). The maximum atomic E-state index is 13.0. The number of esters is 1. The molecule has 2 aromatic carbocycles. The van der Waals surface area contributed by atoms with Crippen LogP contribution in [0, 0.1) is 0 Å². The summed E-state index contributed by atoms with van der Waals surface area (Å²) in [5, 5.41) is 0. The molecule has 1 amide bonds. The summed E-state index contributed by atoms with van der Waals surface area (Å²) in [5.74, 6) is -0.316. The number of carbonyl (C=O) groups is 2. The summed E-state index contributed by atoms with van der Waals surface area (Å²) >= 11 is 0. The van der Waals surface area contributed by atoms with Gasteiger partial charge in [-0.1, -0.05) is 6.07 Å². The van der Waals surface area contributed by atoms with Gasteiger partial charge >= 0.3 is 12.1 Å². The third-order valence-electron chi connectivity index (χ3n) is 5.37. The van der Waals surface area contributed by atoms with Crippen molar-refractivity contribution in [2.45, 2.75) is 18.5 Å². The number of hydrogen-bond donors (Lipinski definition) is 0. The largest absolute Gasteiger partial charge is 0.456 e. The first-order valence-corrected chi connectivity index (χ1v) is 9.13. The van der Waals surface area contributed by atoms with E-state index in [2.05, 4.69) is 0 Å². The lowest BCUT2D eigenvalue weighted by Gasteiger charge is -2.32. The number of rotatable bonds is 2. The average molecular weight is 417 g/mol. The normalized spacial score (nSPS) is 20.5. The molecule has 0 fully saturated rings. The van der Waals surface area contributed by atoms with E-state index in [1.54, 1.807) is 18.2 Å². The van der Waals surface area contributed by atoms with E-state index < -0.39 is 23.6 Å². The summed E-state index contributed by atoms with van der Waals surface area (Å²) in [7, 11) is 0. The Morgan fingerprint density at radius 1 is 0.933 bits per heavy atom. The molecule has 3 aliphatic heterocycles. The molecule has 0 spiro atoms. The molecule has 0 unspecified atom stereocenters. The maximum absolute atomic E-state index is 13.0. The van der Waals surface area contributed by atoms with Crippen molar-refractivity contribution in [3.63, 3.8) is 0 Å². The molecule has 1 atom stereocenters. The molecule has 0 N–H and O–H groups in total. The number of cyclic esters (lactones) is 1. The highest BCUT2D eigenvalue weighted by Gasteiger charge is 2.43. The number of halogens is 3. The van der Waals surface area contributed by atoms with E-state index in [1.807, 2.05) is 0 Å². The number of benzene rings is 2. The molecule has 3 heterocycles. The lowest BCUT2D eigenvalue weighted by Crippen LogP contribution is -2.37. The highest BCUT2D eigenvalue weighted by Crippen LogP contribution is 2.44. The van der Waals surface area contributed by atoms with E-state index in [1.165, 1.54) is 17.0 Å². The van der Waals surface area contributed by atoms with Crippen molar-refractivity contribution >= 4 is 17.6 Å². The highest BCUT2D eigenvalue weighted by atomic mass is 19.4. The molecule has 154 valence electrons. The molecule has 6 nitrogen and oxygen atoms in total. The number of ether oxygens (including phenoxy) is 3. The fourth-order valence-corrected chi connectivity index (χ4v) is 3.97. The van der Waals surface area contributed by atoms with Crippen LogP contribution in [0.25, 0.3) is 0 Å². The second-order valence-corrected chi connectivity index (χ2v) is 7.08. The molecule has 3 aliphatic rings. The number of fused-ring (bicyclic) bond motifs is 1. The fourth-order valence-electron chi connectivity index (χ4n) is 3.97. The third kappa shape index (κ3) is 2.89. The molecule has 30 heavy (non-hydrogen) atoms. The molecular weight excluding hydrogens is 403 g/mol. The van der Waals surface area contributed by atoms with Gasteiger partial charge < -0.3 is 14.2 Å². The Hall–Kier alpha value is -3.49. The van der Waals surface area contributed by atoms with Crippen LogP contribution in [-0.4, -0.2) is 25.3 Å². The van der Waals surface area contributed by atoms with Gasteiger partial charge in [-0.15, -0.1) is 0 Å². The number of amides is 1. The predicted molar refractivity (Wildman–Crippen MR) is 96.8 cm³/mol. The van der Waals surface area contributed by atoms with E-state index in [-0.39, 0.29) is 31.4 Å². The van der Waals surface area contributed by atoms with Crippen LogP contribution in [0.2, 0.25) is 0 Å². The first-order valence-electron chi connectivity index (χ1n) is 9.13. The highest BCUT2D eigenvalue weighted by molar-refractivity contribution is 6.06. The van der Waals surface area contributed by atoms with Crippen molar-refractivity contribution in [3.8, 4) is 11.5 Å². The lowest BCUT2D eigenvalue weighted by molar-refractivity contribution is -0.138. The number of carbonyl (C=O) groups excluding carboxylic acids is 2. The van der Waals surface area contributed by atoms with Crippen LogP contribution < -0.4 is 14.4 Å². The van der Waals surface area contributed by atoms with Crippen molar-refractivity contribution in [1.82, 2.24) is 0 Å². The maximum Gasteiger partial charge on any atom is 0.416 e. The summed E-state index contributed by atoms with van der Waals surface area (Å²) in [5.41, 5.74) is 0.808. The number of nitrogens with zero attached hydrogens (tertiary/aromatic N) is 1. The van der Waals surface area contributed by atoms with Crippen LogP contribution in [0.4, 0.5) is 18.9 Å². The summed E-state index contributed by atoms with van der Waals surface area (Å²) in [6.07, 6.45) is -4.51. The van der Waals surface area contributed by atoms with Gasteiger partial charge in [-0.25, -0.2) is 4.79 Å². The first-order chi connectivity index (χ1) is 14.3. The Kier molecular flexibility index (Phi) is 4.02. The molecule has 0 bridgehead atoms. The van der Waals surface area contributed by atoms with Gasteiger partial charge in [-0.05, 0) is 42.0 Å². The van der Waals surface area contributed by atoms with Crippen LogP contribution >= 0.6 is 0 Å². The minimum absolute atomic E-state index is 0.0331. The van der Waals surface area contributed by atoms with Crippen LogP contribution in [0.15, 0.2) is 53.7 Å². The van der Waals surface area contributed by atoms with Crippen LogP contribution in [-0.2, 0) is 20.5 Å². The third-order valence-corrected chi connectivity index (χ3v) is 5.37. The van der Waals surface area contributed by atoms with E-state index >= 15 is 0 Å². The SMILES string of the molecule is O=C1OCC2=C1[C@@H](c1ccc3c(c1)OCO3)CC(=O)N2c1ccc(C(F)(F)F)cc1. The number of alkyl halides is 3.